The number of nitrogens with zero attached hydrogens (tertiary/aromatic N) is 1. The zero-order chi connectivity index (χ0) is 13.4. The first-order valence-electron chi connectivity index (χ1n) is 7.10. The lowest BCUT2D eigenvalue weighted by molar-refractivity contribution is -0.0355. The Morgan fingerprint density at radius 3 is 2.53 bits per heavy atom. The van der Waals surface area contributed by atoms with Gasteiger partial charge in [0.25, 0.3) is 0 Å². The normalized spacial score (nSPS) is 26.6. The summed E-state index contributed by atoms with van der Waals surface area (Å²) in [6, 6.07) is 5.98. The molecule has 2 aliphatic rings. The van der Waals surface area contributed by atoms with Crippen molar-refractivity contribution >= 4 is 5.78 Å². The molecule has 2 heterocycles. The van der Waals surface area contributed by atoms with Crippen LogP contribution in [0.5, 0.6) is 0 Å². The van der Waals surface area contributed by atoms with Crippen molar-refractivity contribution in [2.75, 3.05) is 19.6 Å². The summed E-state index contributed by atoms with van der Waals surface area (Å²) in [4.78, 5) is 14.6. The Bertz CT molecular complexity index is 486. The van der Waals surface area contributed by atoms with Gasteiger partial charge in [-0.15, -0.1) is 0 Å². The maximum atomic E-state index is 12.3. The highest BCUT2D eigenvalue weighted by atomic mass is 16.5. The Morgan fingerprint density at radius 2 is 1.89 bits per heavy atom. The van der Waals surface area contributed by atoms with Gasteiger partial charge in [-0.05, 0) is 43.9 Å². The number of carbonyl (C=O) groups is 1. The molecule has 19 heavy (non-hydrogen) atoms. The predicted molar refractivity (Wildman–Crippen MR) is 74.6 cm³/mol. The molecule has 2 fully saturated rings. The molecule has 3 heteroatoms. The number of hydrogen-bond acceptors (Lipinski definition) is 3. The molecule has 0 saturated carbocycles. The molecule has 1 aromatic carbocycles. The van der Waals surface area contributed by atoms with Gasteiger partial charge in [0.15, 0.2) is 5.78 Å². The molecule has 0 aliphatic carbocycles. The van der Waals surface area contributed by atoms with E-state index in [9.17, 15) is 4.79 Å². The molecule has 3 nitrogen and oxygen atoms in total. The molecular formula is C16H21NO2. The van der Waals surface area contributed by atoms with Gasteiger partial charge in [-0.3, -0.25) is 9.69 Å². The molecule has 2 bridgehead atoms. The van der Waals surface area contributed by atoms with Crippen molar-refractivity contribution in [2.45, 2.75) is 38.9 Å². The van der Waals surface area contributed by atoms with Crippen molar-refractivity contribution in [1.29, 1.82) is 0 Å². The summed E-state index contributed by atoms with van der Waals surface area (Å²) in [5.41, 5.74) is 3.26. The van der Waals surface area contributed by atoms with Crippen LogP contribution in [-0.4, -0.2) is 42.5 Å². The van der Waals surface area contributed by atoms with Crippen LogP contribution in [0, 0.1) is 13.8 Å². The smallest absolute Gasteiger partial charge is 0.176 e. The Labute approximate surface area is 114 Å². The predicted octanol–water partition coefficient (Wildman–Crippen LogP) is 2.35. The first-order chi connectivity index (χ1) is 9.11. The topological polar surface area (TPSA) is 29.5 Å². The van der Waals surface area contributed by atoms with Crippen molar-refractivity contribution < 1.29 is 9.53 Å². The van der Waals surface area contributed by atoms with Crippen molar-refractivity contribution in [2.24, 2.45) is 0 Å². The van der Waals surface area contributed by atoms with Crippen LogP contribution in [0.2, 0.25) is 0 Å². The highest BCUT2D eigenvalue weighted by Gasteiger charge is 2.34. The molecule has 0 amide bonds. The number of carbonyl (C=O) groups excluding carboxylic acids is 1. The average molecular weight is 259 g/mol. The molecule has 2 aliphatic heterocycles. The first-order valence-corrected chi connectivity index (χ1v) is 7.10. The molecule has 3 rings (SSSR count). The van der Waals surface area contributed by atoms with Crippen LogP contribution in [0.25, 0.3) is 0 Å². The molecule has 0 N–H and O–H groups in total. The van der Waals surface area contributed by atoms with E-state index in [4.69, 9.17) is 4.74 Å². The number of ether oxygens (including phenoxy) is 1. The lowest BCUT2D eigenvalue weighted by atomic mass is 10.0. The average Bonchev–Trinajstić information content (AvgIpc) is 2.72. The first kappa shape index (κ1) is 12.8. The number of hydrogen-bond donors (Lipinski definition) is 0. The van der Waals surface area contributed by atoms with E-state index in [1.807, 2.05) is 18.2 Å². The van der Waals surface area contributed by atoms with Crippen LogP contribution in [-0.2, 0) is 4.74 Å². The van der Waals surface area contributed by atoms with E-state index in [-0.39, 0.29) is 5.78 Å². The summed E-state index contributed by atoms with van der Waals surface area (Å²) < 4.78 is 5.80. The molecule has 0 spiro atoms. The SMILES string of the molecule is Cc1ccc(C(=O)CN2CC3CCC(C2)O3)cc1C. The summed E-state index contributed by atoms with van der Waals surface area (Å²) in [5.74, 6) is 0.226. The summed E-state index contributed by atoms with van der Waals surface area (Å²) >= 11 is 0. The second-order valence-electron chi connectivity index (χ2n) is 5.87. The van der Waals surface area contributed by atoms with Crippen LogP contribution in [0.15, 0.2) is 18.2 Å². The third-order valence-electron chi connectivity index (χ3n) is 4.32. The molecule has 2 unspecified atom stereocenters. The van der Waals surface area contributed by atoms with Crippen LogP contribution < -0.4 is 0 Å². The van der Waals surface area contributed by atoms with E-state index in [2.05, 4.69) is 18.7 Å². The summed E-state index contributed by atoms with van der Waals surface area (Å²) in [6.45, 7) is 6.48. The van der Waals surface area contributed by atoms with Gasteiger partial charge in [0, 0.05) is 18.7 Å². The molecule has 2 saturated heterocycles. The number of likely N-dealkylation sites (tertiary alicyclic amines) is 1. The van der Waals surface area contributed by atoms with Crippen molar-refractivity contribution in [1.82, 2.24) is 4.90 Å². The molecule has 2 atom stereocenters. The number of benzene rings is 1. The minimum atomic E-state index is 0.226. The lowest BCUT2D eigenvalue weighted by Crippen LogP contribution is -2.44. The Kier molecular flexibility index (Phi) is 3.42. The van der Waals surface area contributed by atoms with E-state index < -0.39 is 0 Å². The van der Waals surface area contributed by atoms with E-state index in [1.54, 1.807) is 0 Å². The molecule has 0 radical (unpaired) electrons. The Balaban J connectivity index is 1.66. The Hall–Kier alpha value is -1.19. The van der Waals surface area contributed by atoms with Crippen molar-refractivity contribution in [3.05, 3.63) is 34.9 Å². The van der Waals surface area contributed by atoms with Crippen LogP contribution in [0.1, 0.15) is 34.3 Å². The minimum absolute atomic E-state index is 0.226. The Morgan fingerprint density at radius 1 is 1.21 bits per heavy atom. The van der Waals surface area contributed by atoms with Crippen molar-refractivity contribution in [3.63, 3.8) is 0 Å². The van der Waals surface area contributed by atoms with E-state index in [0.29, 0.717) is 18.8 Å². The van der Waals surface area contributed by atoms with Crippen molar-refractivity contribution in [3.8, 4) is 0 Å². The number of aryl methyl sites for hydroxylation is 2. The van der Waals surface area contributed by atoms with Gasteiger partial charge in [-0.1, -0.05) is 12.1 Å². The van der Waals surface area contributed by atoms with Gasteiger partial charge in [-0.2, -0.15) is 0 Å². The van der Waals surface area contributed by atoms with Gasteiger partial charge < -0.3 is 4.74 Å². The number of ketones is 1. The largest absolute Gasteiger partial charge is 0.372 e. The van der Waals surface area contributed by atoms with E-state index >= 15 is 0 Å². The minimum Gasteiger partial charge on any atom is -0.372 e. The number of Topliss-reactive ketones (excluding diaryl/α,β-unsaturated/α-hetero) is 1. The van der Waals surface area contributed by atoms with Gasteiger partial charge in [0.2, 0.25) is 0 Å². The monoisotopic (exact) mass is 259 g/mol. The third-order valence-corrected chi connectivity index (χ3v) is 4.32. The molecule has 0 aromatic heterocycles. The number of fused-ring (bicyclic) bond motifs is 2. The number of rotatable bonds is 3. The molecule has 102 valence electrons. The highest BCUT2D eigenvalue weighted by Crippen LogP contribution is 2.26. The zero-order valence-electron chi connectivity index (χ0n) is 11.7. The van der Waals surface area contributed by atoms with E-state index in [0.717, 1.165) is 31.5 Å². The second-order valence-corrected chi connectivity index (χ2v) is 5.87. The maximum absolute atomic E-state index is 12.3. The lowest BCUT2D eigenvalue weighted by Gasteiger charge is -2.31. The van der Waals surface area contributed by atoms with Gasteiger partial charge in [0.05, 0.1) is 18.8 Å². The zero-order valence-corrected chi connectivity index (χ0v) is 11.7. The highest BCUT2D eigenvalue weighted by molar-refractivity contribution is 5.97. The van der Waals surface area contributed by atoms with Gasteiger partial charge in [0.1, 0.15) is 0 Å². The molecule has 1 aromatic rings. The standard InChI is InChI=1S/C16H21NO2/c1-11-3-4-13(7-12(11)2)16(18)10-17-8-14-5-6-15(9-17)19-14/h3-4,7,14-15H,5-6,8-10H2,1-2H3. The van der Waals surface area contributed by atoms with Crippen LogP contribution in [0.3, 0.4) is 0 Å². The van der Waals surface area contributed by atoms with Crippen LogP contribution >= 0.6 is 0 Å². The van der Waals surface area contributed by atoms with Gasteiger partial charge >= 0.3 is 0 Å². The summed E-state index contributed by atoms with van der Waals surface area (Å²) in [6.07, 6.45) is 3.01. The fraction of sp³-hybridized carbons (Fsp3) is 0.562. The summed E-state index contributed by atoms with van der Waals surface area (Å²) in [7, 11) is 0. The number of morpholine rings is 1. The quantitative estimate of drug-likeness (QED) is 0.780. The van der Waals surface area contributed by atoms with Crippen LogP contribution in [0.4, 0.5) is 0 Å². The molecular weight excluding hydrogens is 238 g/mol. The third kappa shape index (κ3) is 2.72. The fourth-order valence-electron chi connectivity index (χ4n) is 3.04. The maximum Gasteiger partial charge on any atom is 0.176 e. The fourth-order valence-corrected chi connectivity index (χ4v) is 3.04. The second kappa shape index (κ2) is 5.06. The van der Waals surface area contributed by atoms with Gasteiger partial charge in [-0.25, -0.2) is 0 Å². The van der Waals surface area contributed by atoms with E-state index in [1.165, 1.54) is 11.1 Å². The summed E-state index contributed by atoms with van der Waals surface area (Å²) in [5, 5.41) is 0.